The number of hydrogen-bond donors (Lipinski definition) is 1. The quantitative estimate of drug-likeness (QED) is 0.693. The minimum atomic E-state index is -0.373. The fraction of sp³-hybridized carbons (Fsp3) is 0.267. The average Bonchev–Trinajstić information content (AvgIpc) is 2.53. The summed E-state index contributed by atoms with van der Waals surface area (Å²) in [5.41, 5.74) is 2.56. The van der Waals surface area contributed by atoms with Crippen LogP contribution in [-0.2, 0) is 13.0 Å². The lowest BCUT2D eigenvalue weighted by atomic mass is 10.00. The van der Waals surface area contributed by atoms with Crippen molar-refractivity contribution in [1.82, 2.24) is 4.98 Å². The van der Waals surface area contributed by atoms with Gasteiger partial charge in [0.25, 0.3) is 0 Å². The van der Waals surface area contributed by atoms with E-state index >= 15 is 0 Å². The Morgan fingerprint density at radius 1 is 1.24 bits per heavy atom. The van der Waals surface area contributed by atoms with Crippen molar-refractivity contribution in [2.24, 2.45) is 0 Å². The van der Waals surface area contributed by atoms with E-state index in [4.69, 9.17) is 0 Å². The molecular weight excluding hydrogens is 268 g/mol. The van der Waals surface area contributed by atoms with E-state index < -0.39 is 0 Å². The zero-order valence-corrected chi connectivity index (χ0v) is 11.7. The molecule has 0 bridgehead atoms. The molecule has 0 amide bonds. The Hall–Kier alpha value is -2.63. The van der Waals surface area contributed by atoms with Gasteiger partial charge in [0.05, 0.1) is 4.92 Å². The van der Waals surface area contributed by atoms with Crippen molar-refractivity contribution in [2.75, 3.05) is 23.8 Å². The number of hydrogen-bond acceptors (Lipinski definition) is 5. The monoisotopic (exact) mass is 284 g/mol. The standard InChI is InChI=1S/C15H16N4O2/c1-16-14-7-6-13(19(20)21)15(17-14)18-9-8-11-4-2-3-5-12(11)10-18/h2-7H,8-10H2,1H3,(H,16,17). The number of nitrogens with one attached hydrogen (secondary N) is 1. The summed E-state index contributed by atoms with van der Waals surface area (Å²) in [5.74, 6) is 1.07. The van der Waals surface area contributed by atoms with Crippen LogP contribution in [0, 0.1) is 10.1 Å². The molecule has 1 aromatic heterocycles. The predicted octanol–water partition coefficient (Wildman–Crippen LogP) is 2.59. The van der Waals surface area contributed by atoms with E-state index in [9.17, 15) is 10.1 Å². The van der Waals surface area contributed by atoms with Crippen LogP contribution in [-0.4, -0.2) is 23.5 Å². The third-order valence-electron chi connectivity index (χ3n) is 3.74. The highest BCUT2D eigenvalue weighted by Crippen LogP contribution is 2.31. The van der Waals surface area contributed by atoms with Crippen molar-refractivity contribution in [1.29, 1.82) is 0 Å². The minimum absolute atomic E-state index is 0.0494. The van der Waals surface area contributed by atoms with Crippen LogP contribution in [0.1, 0.15) is 11.1 Å². The van der Waals surface area contributed by atoms with E-state index in [0.29, 0.717) is 18.2 Å². The first kappa shape index (κ1) is 13.4. The van der Waals surface area contributed by atoms with Crippen LogP contribution in [0.15, 0.2) is 36.4 Å². The van der Waals surface area contributed by atoms with Gasteiger partial charge in [0.15, 0.2) is 0 Å². The molecule has 0 atom stereocenters. The maximum Gasteiger partial charge on any atom is 0.311 e. The number of rotatable bonds is 3. The van der Waals surface area contributed by atoms with Gasteiger partial charge in [0.1, 0.15) is 5.82 Å². The van der Waals surface area contributed by atoms with Gasteiger partial charge in [-0.25, -0.2) is 4.98 Å². The summed E-state index contributed by atoms with van der Waals surface area (Å²) >= 11 is 0. The summed E-state index contributed by atoms with van der Waals surface area (Å²) in [6, 6.07) is 11.3. The minimum Gasteiger partial charge on any atom is -0.373 e. The summed E-state index contributed by atoms with van der Waals surface area (Å²) in [7, 11) is 1.75. The molecule has 2 aromatic rings. The van der Waals surface area contributed by atoms with E-state index in [1.807, 2.05) is 17.0 Å². The van der Waals surface area contributed by atoms with Crippen LogP contribution in [0.5, 0.6) is 0 Å². The zero-order valence-electron chi connectivity index (χ0n) is 11.7. The molecule has 0 radical (unpaired) electrons. The van der Waals surface area contributed by atoms with E-state index in [1.165, 1.54) is 17.2 Å². The Morgan fingerprint density at radius 2 is 2.00 bits per heavy atom. The lowest BCUT2D eigenvalue weighted by molar-refractivity contribution is -0.384. The van der Waals surface area contributed by atoms with Gasteiger partial charge in [-0.1, -0.05) is 24.3 Å². The number of aromatic nitrogens is 1. The van der Waals surface area contributed by atoms with Crippen molar-refractivity contribution < 1.29 is 4.92 Å². The van der Waals surface area contributed by atoms with Gasteiger partial charge in [-0.15, -0.1) is 0 Å². The molecule has 6 heteroatoms. The van der Waals surface area contributed by atoms with Crippen LogP contribution in [0.4, 0.5) is 17.3 Å². The highest BCUT2D eigenvalue weighted by molar-refractivity contribution is 5.62. The highest BCUT2D eigenvalue weighted by Gasteiger charge is 2.25. The third-order valence-corrected chi connectivity index (χ3v) is 3.74. The molecule has 3 rings (SSSR count). The van der Waals surface area contributed by atoms with E-state index in [-0.39, 0.29) is 10.6 Å². The molecule has 0 aliphatic carbocycles. The van der Waals surface area contributed by atoms with E-state index in [0.717, 1.165) is 13.0 Å². The van der Waals surface area contributed by atoms with Gasteiger partial charge >= 0.3 is 5.69 Å². The first-order valence-electron chi connectivity index (χ1n) is 6.84. The van der Waals surface area contributed by atoms with Crippen LogP contribution in [0.25, 0.3) is 0 Å². The molecule has 2 heterocycles. The first-order valence-corrected chi connectivity index (χ1v) is 6.84. The Morgan fingerprint density at radius 3 is 2.71 bits per heavy atom. The number of benzene rings is 1. The largest absolute Gasteiger partial charge is 0.373 e. The van der Waals surface area contributed by atoms with Crippen LogP contribution >= 0.6 is 0 Å². The average molecular weight is 284 g/mol. The Labute approximate surface area is 122 Å². The van der Waals surface area contributed by atoms with Crippen molar-refractivity contribution in [3.63, 3.8) is 0 Å². The van der Waals surface area contributed by atoms with Crippen molar-refractivity contribution in [3.05, 3.63) is 57.6 Å². The third kappa shape index (κ3) is 2.52. The molecule has 0 unspecified atom stereocenters. The second kappa shape index (κ2) is 5.40. The molecule has 0 spiro atoms. The predicted molar refractivity (Wildman–Crippen MR) is 81.6 cm³/mol. The highest BCUT2D eigenvalue weighted by atomic mass is 16.6. The van der Waals surface area contributed by atoms with Gasteiger partial charge in [0.2, 0.25) is 5.82 Å². The SMILES string of the molecule is CNc1ccc([N+](=O)[O-])c(N2CCc3ccccc3C2)n1. The van der Waals surface area contributed by atoms with Crippen molar-refractivity contribution in [2.45, 2.75) is 13.0 Å². The molecule has 108 valence electrons. The maximum absolute atomic E-state index is 11.2. The van der Waals surface area contributed by atoms with Gasteiger partial charge in [-0.05, 0) is 23.6 Å². The molecule has 1 aliphatic heterocycles. The fourth-order valence-corrected chi connectivity index (χ4v) is 2.63. The normalized spacial score (nSPS) is 13.7. The lowest BCUT2D eigenvalue weighted by Crippen LogP contribution is -2.31. The second-order valence-corrected chi connectivity index (χ2v) is 4.99. The zero-order chi connectivity index (χ0) is 14.8. The first-order chi connectivity index (χ1) is 10.2. The van der Waals surface area contributed by atoms with Crippen molar-refractivity contribution >= 4 is 17.3 Å². The van der Waals surface area contributed by atoms with Crippen LogP contribution < -0.4 is 10.2 Å². The number of pyridine rings is 1. The smallest absolute Gasteiger partial charge is 0.311 e. The van der Waals surface area contributed by atoms with Gasteiger partial charge in [-0.3, -0.25) is 10.1 Å². The Bertz CT molecular complexity index is 687. The molecule has 6 nitrogen and oxygen atoms in total. The van der Waals surface area contributed by atoms with Crippen LogP contribution in [0.3, 0.4) is 0 Å². The maximum atomic E-state index is 11.2. The molecule has 1 N–H and O–H groups in total. The fourth-order valence-electron chi connectivity index (χ4n) is 2.63. The lowest BCUT2D eigenvalue weighted by Gasteiger charge is -2.29. The van der Waals surface area contributed by atoms with Gasteiger partial charge in [-0.2, -0.15) is 0 Å². The number of nitro groups is 1. The number of fused-ring (bicyclic) bond motifs is 1. The Balaban J connectivity index is 1.99. The molecule has 0 saturated carbocycles. The summed E-state index contributed by atoms with van der Waals surface area (Å²) in [4.78, 5) is 17.2. The van der Waals surface area contributed by atoms with Crippen molar-refractivity contribution in [3.8, 4) is 0 Å². The topological polar surface area (TPSA) is 71.3 Å². The summed E-state index contributed by atoms with van der Waals surface area (Å²) in [6.07, 6.45) is 0.874. The molecule has 1 aliphatic rings. The summed E-state index contributed by atoms with van der Waals surface area (Å²) in [6.45, 7) is 1.38. The molecular formula is C15H16N4O2. The van der Waals surface area contributed by atoms with E-state index in [2.05, 4.69) is 22.4 Å². The molecule has 0 saturated heterocycles. The Kier molecular flexibility index (Phi) is 3.43. The molecule has 0 fully saturated rings. The van der Waals surface area contributed by atoms with E-state index in [1.54, 1.807) is 13.1 Å². The number of nitrogens with zero attached hydrogens (tertiary/aromatic N) is 3. The summed E-state index contributed by atoms with van der Waals surface area (Å²) < 4.78 is 0. The van der Waals surface area contributed by atoms with Gasteiger partial charge in [0, 0.05) is 26.2 Å². The van der Waals surface area contributed by atoms with Gasteiger partial charge < -0.3 is 10.2 Å². The second-order valence-electron chi connectivity index (χ2n) is 4.99. The molecule has 1 aromatic carbocycles. The molecule has 21 heavy (non-hydrogen) atoms. The summed E-state index contributed by atoms with van der Waals surface area (Å²) in [5, 5.41) is 14.2. The van der Waals surface area contributed by atoms with Crippen LogP contribution in [0.2, 0.25) is 0 Å². The number of anilines is 2.